The molecular weight excluding hydrogens is 380 g/mol. The Hall–Kier alpha value is -2.49. The fraction of sp³-hybridized carbons (Fsp3) is 0.550. The molecule has 0 aliphatic carbocycles. The largest absolute Gasteiger partial charge is 0.458 e. The summed E-state index contributed by atoms with van der Waals surface area (Å²) in [7, 11) is 0. The van der Waals surface area contributed by atoms with E-state index in [1.807, 2.05) is 0 Å². The predicted octanol–water partition coefficient (Wildman–Crippen LogP) is 0.484. The number of nitrogens with zero attached hydrogens (tertiary/aromatic N) is 2. The van der Waals surface area contributed by atoms with Crippen LogP contribution in [0.1, 0.15) is 20.8 Å². The summed E-state index contributed by atoms with van der Waals surface area (Å²) in [6, 6.07) is 6.98. The molecule has 2 aliphatic rings. The molecule has 1 aromatic rings. The number of hydrogen-bond acceptors (Lipinski definition) is 7. The molecule has 2 atom stereocenters. The lowest BCUT2D eigenvalue weighted by Crippen LogP contribution is -2.55. The lowest BCUT2D eigenvalue weighted by atomic mass is 10.1. The highest BCUT2D eigenvalue weighted by Crippen LogP contribution is 2.26. The van der Waals surface area contributed by atoms with Crippen molar-refractivity contribution in [3.05, 3.63) is 24.3 Å². The zero-order chi connectivity index (χ0) is 21.2. The molecule has 2 fully saturated rings. The number of carbonyl (C=O) groups excluding carboxylic acids is 3. The van der Waals surface area contributed by atoms with Crippen LogP contribution in [0.4, 0.5) is 11.4 Å². The number of esters is 1. The van der Waals surface area contributed by atoms with E-state index in [1.165, 1.54) is 4.90 Å². The number of benzene rings is 1. The number of morpholine rings is 2. The average molecular weight is 406 g/mol. The van der Waals surface area contributed by atoms with Gasteiger partial charge in [-0.15, -0.1) is 0 Å². The van der Waals surface area contributed by atoms with Gasteiger partial charge in [0.05, 0.1) is 13.2 Å². The van der Waals surface area contributed by atoms with Gasteiger partial charge in [-0.25, -0.2) is 4.79 Å². The van der Waals surface area contributed by atoms with Crippen LogP contribution in [0.3, 0.4) is 0 Å². The minimum Gasteiger partial charge on any atom is -0.458 e. The Kier molecular flexibility index (Phi) is 6.21. The molecule has 158 valence electrons. The van der Waals surface area contributed by atoms with Gasteiger partial charge in [0.25, 0.3) is 11.8 Å². The maximum Gasteiger partial charge on any atom is 0.338 e. The van der Waals surface area contributed by atoms with Crippen molar-refractivity contribution in [3.63, 3.8) is 0 Å². The first kappa shape index (κ1) is 21.2. The molecule has 2 aliphatic heterocycles. The van der Waals surface area contributed by atoms with Crippen LogP contribution in [0.2, 0.25) is 0 Å². The summed E-state index contributed by atoms with van der Waals surface area (Å²) in [4.78, 5) is 40.2. The van der Waals surface area contributed by atoms with E-state index in [0.29, 0.717) is 24.5 Å². The topological polar surface area (TPSA) is 106 Å². The van der Waals surface area contributed by atoms with Crippen LogP contribution in [0.15, 0.2) is 24.3 Å². The van der Waals surface area contributed by atoms with E-state index in [4.69, 9.17) is 14.2 Å². The molecule has 29 heavy (non-hydrogen) atoms. The van der Waals surface area contributed by atoms with Gasteiger partial charge in [0.1, 0.15) is 12.2 Å². The molecule has 2 unspecified atom stereocenters. The SMILES string of the molecule is CC(C)(C)OC(=O)C(O)C1OCCN(c2cccc(N3CCOCC3=O)c2)C1=O. The molecule has 0 aromatic heterocycles. The number of hydrogen-bond donors (Lipinski definition) is 1. The number of rotatable bonds is 4. The van der Waals surface area contributed by atoms with Crippen molar-refractivity contribution in [2.24, 2.45) is 0 Å². The van der Waals surface area contributed by atoms with Crippen molar-refractivity contribution in [3.8, 4) is 0 Å². The normalized spacial score (nSPS) is 21.9. The van der Waals surface area contributed by atoms with Crippen LogP contribution >= 0.6 is 0 Å². The highest BCUT2D eigenvalue weighted by atomic mass is 16.6. The fourth-order valence-electron chi connectivity index (χ4n) is 3.19. The number of ether oxygens (including phenoxy) is 3. The monoisotopic (exact) mass is 406 g/mol. The maximum absolute atomic E-state index is 12.9. The summed E-state index contributed by atoms with van der Waals surface area (Å²) < 4.78 is 15.7. The molecule has 9 heteroatoms. The third-order valence-corrected chi connectivity index (χ3v) is 4.50. The van der Waals surface area contributed by atoms with Gasteiger partial charge in [-0.05, 0) is 39.0 Å². The Morgan fingerprint density at radius 1 is 1.17 bits per heavy atom. The Balaban J connectivity index is 1.77. The summed E-state index contributed by atoms with van der Waals surface area (Å²) >= 11 is 0. The highest BCUT2D eigenvalue weighted by Gasteiger charge is 2.41. The van der Waals surface area contributed by atoms with E-state index in [-0.39, 0.29) is 25.7 Å². The highest BCUT2D eigenvalue weighted by molar-refractivity contribution is 6.01. The third-order valence-electron chi connectivity index (χ3n) is 4.50. The van der Waals surface area contributed by atoms with Crippen molar-refractivity contribution in [2.45, 2.75) is 38.6 Å². The van der Waals surface area contributed by atoms with Crippen LogP contribution in [0.25, 0.3) is 0 Å². The number of anilines is 2. The molecule has 0 bridgehead atoms. The van der Waals surface area contributed by atoms with Crippen molar-refractivity contribution in [2.75, 3.05) is 42.7 Å². The Morgan fingerprint density at radius 2 is 1.83 bits per heavy atom. The number of aliphatic hydroxyl groups is 1. The first-order valence-electron chi connectivity index (χ1n) is 9.49. The zero-order valence-electron chi connectivity index (χ0n) is 16.8. The van der Waals surface area contributed by atoms with Gasteiger partial charge >= 0.3 is 5.97 Å². The number of carbonyl (C=O) groups is 3. The van der Waals surface area contributed by atoms with Crippen LogP contribution in [0, 0.1) is 0 Å². The summed E-state index contributed by atoms with van der Waals surface area (Å²) in [6.07, 6.45) is -3.08. The number of amides is 2. The van der Waals surface area contributed by atoms with Gasteiger partial charge < -0.3 is 29.1 Å². The molecule has 0 saturated carbocycles. The summed E-state index contributed by atoms with van der Waals surface area (Å²) in [5, 5.41) is 10.3. The van der Waals surface area contributed by atoms with Crippen LogP contribution in [0.5, 0.6) is 0 Å². The molecule has 2 amide bonds. The van der Waals surface area contributed by atoms with E-state index in [9.17, 15) is 19.5 Å². The second-order valence-electron chi connectivity index (χ2n) is 7.88. The summed E-state index contributed by atoms with van der Waals surface area (Å²) in [6.45, 7) is 6.32. The first-order valence-corrected chi connectivity index (χ1v) is 9.49. The molecule has 2 heterocycles. The minimum atomic E-state index is -1.73. The van der Waals surface area contributed by atoms with E-state index < -0.39 is 29.7 Å². The van der Waals surface area contributed by atoms with Gasteiger partial charge in [0, 0.05) is 24.5 Å². The Bertz CT molecular complexity index is 789. The quantitative estimate of drug-likeness (QED) is 0.725. The predicted molar refractivity (Wildman–Crippen MR) is 104 cm³/mol. The van der Waals surface area contributed by atoms with Gasteiger partial charge in [0.15, 0.2) is 12.2 Å². The molecule has 1 N–H and O–H groups in total. The summed E-state index contributed by atoms with van der Waals surface area (Å²) in [5.41, 5.74) is 0.407. The average Bonchev–Trinajstić information content (AvgIpc) is 2.67. The maximum atomic E-state index is 12.9. The van der Waals surface area contributed by atoms with Gasteiger partial charge in [-0.2, -0.15) is 0 Å². The van der Waals surface area contributed by atoms with Crippen LogP contribution in [-0.2, 0) is 28.6 Å². The van der Waals surface area contributed by atoms with Gasteiger partial charge in [0.2, 0.25) is 0 Å². The van der Waals surface area contributed by atoms with E-state index in [1.54, 1.807) is 49.9 Å². The van der Waals surface area contributed by atoms with Gasteiger partial charge in [-0.1, -0.05) is 6.07 Å². The Morgan fingerprint density at radius 3 is 2.48 bits per heavy atom. The molecule has 9 nitrogen and oxygen atoms in total. The standard InChI is InChI=1S/C20H26N2O7/c1-20(2,3)29-19(26)16(24)17-18(25)22(8-10-28-17)14-6-4-5-13(11-14)21-7-9-27-12-15(21)23/h4-6,11,16-17,24H,7-10,12H2,1-3H3. The summed E-state index contributed by atoms with van der Waals surface area (Å²) in [5.74, 6) is -1.61. The molecule has 0 radical (unpaired) electrons. The van der Waals surface area contributed by atoms with Crippen LogP contribution < -0.4 is 9.80 Å². The van der Waals surface area contributed by atoms with Crippen molar-refractivity contribution >= 4 is 29.2 Å². The molecule has 1 aromatic carbocycles. The Labute approximate surface area is 169 Å². The van der Waals surface area contributed by atoms with E-state index in [0.717, 1.165) is 0 Å². The number of aliphatic hydroxyl groups excluding tert-OH is 1. The third kappa shape index (κ3) is 4.92. The minimum absolute atomic E-state index is 0.0187. The van der Waals surface area contributed by atoms with Crippen LogP contribution in [-0.4, -0.2) is 73.6 Å². The van der Waals surface area contributed by atoms with Crippen molar-refractivity contribution < 1.29 is 33.7 Å². The lowest BCUT2D eigenvalue weighted by Gasteiger charge is -2.35. The lowest BCUT2D eigenvalue weighted by molar-refractivity contribution is -0.177. The molecule has 0 spiro atoms. The molecule has 2 saturated heterocycles. The second-order valence-corrected chi connectivity index (χ2v) is 7.88. The zero-order valence-corrected chi connectivity index (χ0v) is 16.8. The van der Waals surface area contributed by atoms with E-state index in [2.05, 4.69) is 0 Å². The van der Waals surface area contributed by atoms with Gasteiger partial charge in [-0.3, -0.25) is 9.59 Å². The fourth-order valence-corrected chi connectivity index (χ4v) is 3.19. The molecular formula is C20H26N2O7. The second kappa shape index (κ2) is 8.48. The molecule has 3 rings (SSSR count). The van der Waals surface area contributed by atoms with Crippen molar-refractivity contribution in [1.82, 2.24) is 0 Å². The van der Waals surface area contributed by atoms with Crippen molar-refractivity contribution in [1.29, 1.82) is 0 Å². The first-order chi connectivity index (χ1) is 13.7. The smallest absolute Gasteiger partial charge is 0.338 e. The van der Waals surface area contributed by atoms with E-state index >= 15 is 0 Å².